The first-order valence-corrected chi connectivity index (χ1v) is 7.33. The van der Waals surface area contributed by atoms with E-state index in [2.05, 4.69) is 10.3 Å². The quantitative estimate of drug-likeness (QED) is 0.716. The minimum Gasteiger partial charge on any atom is -0.396 e. The Morgan fingerprint density at radius 3 is 2.48 bits per heavy atom. The Morgan fingerprint density at radius 1 is 1.00 bits per heavy atom. The van der Waals surface area contributed by atoms with E-state index in [0.29, 0.717) is 28.3 Å². The molecule has 23 heavy (non-hydrogen) atoms. The number of para-hydroxylation sites is 1. The van der Waals surface area contributed by atoms with Gasteiger partial charge in [-0.2, -0.15) is 0 Å². The number of ketones is 1. The van der Waals surface area contributed by atoms with Crippen LogP contribution in [0.15, 0.2) is 66.9 Å². The second-order valence-electron chi connectivity index (χ2n) is 5.26. The van der Waals surface area contributed by atoms with Gasteiger partial charge in [-0.05, 0) is 30.7 Å². The maximum absolute atomic E-state index is 12.7. The molecule has 0 bridgehead atoms. The highest BCUT2D eigenvalue weighted by molar-refractivity contribution is 6.12. The third-order valence-corrected chi connectivity index (χ3v) is 3.67. The Bertz CT molecular complexity index is 844. The van der Waals surface area contributed by atoms with Crippen LogP contribution in [-0.2, 0) is 0 Å². The summed E-state index contributed by atoms with van der Waals surface area (Å²) in [4.78, 5) is 17.0. The van der Waals surface area contributed by atoms with E-state index in [9.17, 15) is 4.79 Å². The Morgan fingerprint density at radius 2 is 1.70 bits per heavy atom. The van der Waals surface area contributed by atoms with Crippen LogP contribution in [-0.4, -0.2) is 10.8 Å². The maximum atomic E-state index is 12.7. The highest BCUT2D eigenvalue weighted by atomic mass is 16.1. The molecular weight excluding hydrogens is 286 g/mol. The molecule has 0 amide bonds. The summed E-state index contributed by atoms with van der Waals surface area (Å²) in [5.74, 6) is 0.512. The molecule has 3 rings (SSSR count). The molecule has 0 spiro atoms. The van der Waals surface area contributed by atoms with Crippen molar-refractivity contribution in [2.45, 2.75) is 6.92 Å². The molecule has 0 unspecified atom stereocenters. The minimum absolute atomic E-state index is 0.0417. The molecule has 3 N–H and O–H groups in total. The molecular formula is C19H17N3O. The smallest absolute Gasteiger partial charge is 0.195 e. The first-order chi connectivity index (χ1) is 11.2. The van der Waals surface area contributed by atoms with Gasteiger partial charge in [0, 0.05) is 17.3 Å². The van der Waals surface area contributed by atoms with Crippen molar-refractivity contribution in [1.29, 1.82) is 0 Å². The topological polar surface area (TPSA) is 68.0 Å². The second-order valence-corrected chi connectivity index (χ2v) is 5.26. The first kappa shape index (κ1) is 14.8. The summed E-state index contributed by atoms with van der Waals surface area (Å²) in [6.07, 6.45) is 1.69. The Hall–Kier alpha value is -3.14. The van der Waals surface area contributed by atoms with Crippen LogP contribution in [0.2, 0.25) is 0 Å². The van der Waals surface area contributed by atoms with Gasteiger partial charge < -0.3 is 11.1 Å². The molecule has 0 saturated carbocycles. The average molecular weight is 303 g/mol. The number of hydrogen-bond acceptors (Lipinski definition) is 4. The van der Waals surface area contributed by atoms with Crippen LogP contribution in [0, 0.1) is 6.92 Å². The Kier molecular flexibility index (Phi) is 4.06. The number of nitrogens with one attached hydrogen (secondary N) is 1. The molecule has 0 aliphatic carbocycles. The van der Waals surface area contributed by atoms with Gasteiger partial charge in [0.05, 0.1) is 11.4 Å². The molecule has 0 saturated heterocycles. The lowest BCUT2D eigenvalue weighted by atomic mass is 10.0. The zero-order chi connectivity index (χ0) is 16.2. The molecule has 2 aromatic carbocycles. The summed E-state index contributed by atoms with van der Waals surface area (Å²) >= 11 is 0. The van der Waals surface area contributed by atoms with Gasteiger partial charge in [0.15, 0.2) is 11.6 Å². The molecule has 0 fully saturated rings. The van der Waals surface area contributed by atoms with Crippen molar-refractivity contribution < 1.29 is 4.79 Å². The third-order valence-electron chi connectivity index (χ3n) is 3.67. The van der Waals surface area contributed by atoms with Crippen molar-refractivity contribution in [2.24, 2.45) is 0 Å². The predicted octanol–water partition coefficient (Wildman–Crippen LogP) is 3.95. The van der Waals surface area contributed by atoms with Crippen molar-refractivity contribution >= 4 is 23.0 Å². The number of carbonyl (C=O) groups is 1. The van der Waals surface area contributed by atoms with Crippen LogP contribution in [0.25, 0.3) is 0 Å². The number of nitrogens with zero attached hydrogens (tertiary/aromatic N) is 1. The summed E-state index contributed by atoms with van der Waals surface area (Å²) in [6, 6.07) is 18.4. The van der Waals surface area contributed by atoms with Gasteiger partial charge in [-0.25, -0.2) is 4.98 Å². The van der Waals surface area contributed by atoms with Gasteiger partial charge >= 0.3 is 0 Å². The van der Waals surface area contributed by atoms with Gasteiger partial charge in [-0.1, -0.05) is 42.5 Å². The first-order valence-electron chi connectivity index (χ1n) is 7.33. The lowest BCUT2D eigenvalue weighted by Gasteiger charge is -2.13. The summed E-state index contributed by atoms with van der Waals surface area (Å²) < 4.78 is 0. The van der Waals surface area contributed by atoms with E-state index >= 15 is 0 Å². The van der Waals surface area contributed by atoms with Gasteiger partial charge in [0.2, 0.25) is 0 Å². The summed E-state index contributed by atoms with van der Waals surface area (Å²) in [5, 5.41) is 3.18. The number of rotatable bonds is 4. The van der Waals surface area contributed by atoms with Gasteiger partial charge in [-0.15, -0.1) is 0 Å². The molecule has 114 valence electrons. The number of hydrogen-bond donors (Lipinski definition) is 2. The van der Waals surface area contributed by atoms with Crippen molar-refractivity contribution in [2.75, 3.05) is 11.1 Å². The molecule has 0 atom stereocenters. The fourth-order valence-electron chi connectivity index (χ4n) is 2.33. The molecule has 1 aromatic heterocycles. The van der Waals surface area contributed by atoms with Crippen LogP contribution >= 0.6 is 0 Å². The third kappa shape index (κ3) is 3.06. The Labute approximate surface area is 135 Å². The molecule has 0 aliphatic rings. The lowest BCUT2D eigenvalue weighted by Crippen LogP contribution is -2.07. The standard InChI is InChI=1S/C19H17N3O/c1-13-11-12-21-19(17(13)20)22-16-10-6-5-9-15(16)18(23)14-7-3-2-4-8-14/h2-12H,20H2,1H3,(H,21,22). The normalized spacial score (nSPS) is 10.3. The number of carbonyl (C=O) groups excluding carboxylic acids is 1. The molecule has 1 heterocycles. The predicted molar refractivity (Wildman–Crippen MR) is 93.0 cm³/mol. The fraction of sp³-hybridized carbons (Fsp3) is 0.0526. The summed E-state index contributed by atoms with van der Waals surface area (Å²) in [6.45, 7) is 1.92. The molecule has 0 aliphatic heterocycles. The number of aromatic nitrogens is 1. The van der Waals surface area contributed by atoms with Gasteiger partial charge in [0.25, 0.3) is 0 Å². The largest absolute Gasteiger partial charge is 0.396 e. The number of anilines is 3. The summed E-state index contributed by atoms with van der Waals surface area (Å²) in [5.41, 5.74) is 9.49. The van der Waals surface area contributed by atoms with Crippen LogP contribution in [0.5, 0.6) is 0 Å². The maximum Gasteiger partial charge on any atom is 0.195 e. The fourth-order valence-corrected chi connectivity index (χ4v) is 2.33. The highest BCUT2D eigenvalue weighted by Gasteiger charge is 2.14. The van der Waals surface area contributed by atoms with Crippen molar-refractivity contribution in [3.05, 3.63) is 83.6 Å². The van der Waals surface area contributed by atoms with E-state index in [1.807, 2.05) is 49.4 Å². The van der Waals surface area contributed by atoms with Crippen molar-refractivity contribution in [1.82, 2.24) is 4.98 Å². The van der Waals surface area contributed by atoms with Crippen LogP contribution in [0.1, 0.15) is 21.5 Å². The molecule has 3 aromatic rings. The minimum atomic E-state index is -0.0417. The zero-order valence-corrected chi connectivity index (χ0v) is 12.8. The second kappa shape index (κ2) is 6.32. The SMILES string of the molecule is Cc1ccnc(Nc2ccccc2C(=O)c2ccccc2)c1N. The zero-order valence-electron chi connectivity index (χ0n) is 12.8. The number of nitrogens with two attached hydrogens (primary N) is 1. The van der Waals surface area contributed by atoms with Gasteiger partial charge in [0.1, 0.15) is 0 Å². The number of pyridine rings is 1. The highest BCUT2D eigenvalue weighted by Crippen LogP contribution is 2.26. The molecule has 4 nitrogen and oxygen atoms in total. The monoisotopic (exact) mass is 303 g/mol. The van der Waals surface area contributed by atoms with E-state index in [1.165, 1.54) is 0 Å². The van der Waals surface area contributed by atoms with E-state index in [4.69, 9.17) is 5.73 Å². The van der Waals surface area contributed by atoms with Crippen molar-refractivity contribution in [3.8, 4) is 0 Å². The number of nitrogen functional groups attached to an aromatic ring is 1. The number of benzene rings is 2. The van der Waals surface area contributed by atoms with E-state index in [1.54, 1.807) is 24.4 Å². The van der Waals surface area contributed by atoms with Gasteiger partial charge in [-0.3, -0.25) is 4.79 Å². The van der Waals surface area contributed by atoms with E-state index < -0.39 is 0 Å². The van der Waals surface area contributed by atoms with Crippen LogP contribution in [0.4, 0.5) is 17.2 Å². The van der Waals surface area contributed by atoms with Crippen LogP contribution in [0.3, 0.4) is 0 Å². The van der Waals surface area contributed by atoms with Crippen molar-refractivity contribution in [3.63, 3.8) is 0 Å². The Balaban J connectivity index is 1.98. The lowest BCUT2D eigenvalue weighted by molar-refractivity contribution is 0.103. The number of aryl methyl sites for hydroxylation is 1. The van der Waals surface area contributed by atoms with E-state index in [-0.39, 0.29) is 5.78 Å². The molecule has 4 heteroatoms. The average Bonchev–Trinajstić information content (AvgIpc) is 2.60. The van der Waals surface area contributed by atoms with Crippen LogP contribution < -0.4 is 11.1 Å². The van der Waals surface area contributed by atoms with E-state index in [0.717, 1.165) is 5.56 Å². The molecule has 0 radical (unpaired) electrons. The summed E-state index contributed by atoms with van der Waals surface area (Å²) in [7, 11) is 0.